The number of hydrogen-bond donors (Lipinski definition) is 0. The van der Waals surface area contributed by atoms with E-state index < -0.39 is 5.97 Å². The number of likely N-dealkylation sites (tertiary alicyclic amines) is 1. The summed E-state index contributed by atoms with van der Waals surface area (Å²) in [4.78, 5) is 41.6. The Hall–Kier alpha value is -4.39. The number of methoxy groups -OCH3 is 1. The van der Waals surface area contributed by atoms with E-state index in [0.717, 1.165) is 40.8 Å². The summed E-state index contributed by atoms with van der Waals surface area (Å²) >= 11 is 0. The zero-order chi connectivity index (χ0) is 25.8. The van der Waals surface area contributed by atoms with E-state index in [-0.39, 0.29) is 17.4 Å². The molecule has 1 fully saturated rings. The molecule has 1 saturated heterocycles. The first-order chi connectivity index (χ1) is 18.1. The van der Waals surface area contributed by atoms with Gasteiger partial charge in [-0.05, 0) is 55.2 Å². The van der Waals surface area contributed by atoms with Gasteiger partial charge in [-0.15, -0.1) is 0 Å². The Bertz CT molecular complexity index is 1440. The molecule has 2 aromatic carbocycles. The molecule has 1 atom stereocenters. The summed E-state index contributed by atoms with van der Waals surface area (Å²) in [5.74, 6) is -0.0425. The van der Waals surface area contributed by atoms with Crippen molar-refractivity contribution in [2.75, 3.05) is 20.2 Å². The number of carbonyl (C=O) groups excluding carboxylic acids is 2. The number of esters is 1. The van der Waals surface area contributed by atoms with E-state index in [9.17, 15) is 9.59 Å². The number of carbonyl (C=O) groups is 2. The first-order valence-electron chi connectivity index (χ1n) is 12.4. The van der Waals surface area contributed by atoms with Crippen LogP contribution in [0.1, 0.15) is 50.7 Å². The largest absolute Gasteiger partial charge is 0.465 e. The van der Waals surface area contributed by atoms with Crippen LogP contribution in [0.3, 0.4) is 0 Å². The van der Waals surface area contributed by atoms with E-state index >= 15 is 0 Å². The van der Waals surface area contributed by atoms with Gasteiger partial charge in [-0.1, -0.05) is 36.4 Å². The summed E-state index contributed by atoms with van der Waals surface area (Å²) in [6.07, 6.45) is 7.08. The van der Waals surface area contributed by atoms with Crippen molar-refractivity contribution in [2.45, 2.75) is 25.7 Å². The molecule has 3 heterocycles. The summed E-state index contributed by atoms with van der Waals surface area (Å²) in [7, 11) is 1.32. The van der Waals surface area contributed by atoms with Gasteiger partial charge in [-0.2, -0.15) is 0 Å². The van der Waals surface area contributed by atoms with Crippen LogP contribution in [-0.4, -0.2) is 51.9 Å². The predicted octanol–water partition coefficient (Wildman–Crippen LogP) is 5.32. The van der Waals surface area contributed by atoms with Crippen molar-refractivity contribution in [2.24, 2.45) is 0 Å². The summed E-state index contributed by atoms with van der Waals surface area (Å²) in [6.45, 7) is 3.20. The summed E-state index contributed by atoms with van der Waals surface area (Å²) in [6, 6.07) is 18.8. The lowest BCUT2D eigenvalue weighted by Crippen LogP contribution is -2.40. The summed E-state index contributed by atoms with van der Waals surface area (Å²) < 4.78 is 4.90. The molecule has 37 heavy (non-hydrogen) atoms. The van der Waals surface area contributed by atoms with Gasteiger partial charge < -0.3 is 9.64 Å². The van der Waals surface area contributed by atoms with Crippen molar-refractivity contribution in [1.82, 2.24) is 19.9 Å². The van der Waals surface area contributed by atoms with Crippen LogP contribution in [-0.2, 0) is 4.74 Å². The molecule has 1 unspecified atom stereocenters. The third-order valence-electron chi connectivity index (χ3n) is 6.85. The SMILES string of the molecule is COC(=O)c1ccccc1C(=O)N1CCCC(c2nc(-c3ccncc3)ncc2-c2ccccc2C)C1. The molecule has 1 aliphatic rings. The van der Waals surface area contributed by atoms with E-state index in [1.165, 1.54) is 7.11 Å². The Labute approximate surface area is 216 Å². The van der Waals surface area contributed by atoms with Crippen LogP contribution in [0.25, 0.3) is 22.5 Å². The molecule has 0 spiro atoms. The van der Waals surface area contributed by atoms with Crippen molar-refractivity contribution in [3.05, 3.63) is 102 Å². The third kappa shape index (κ3) is 4.98. The highest BCUT2D eigenvalue weighted by Crippen LogP contribution is 2.36. The Morgan fingerprint density at radius 2 is 1.68 bits per heavy atom. The number of pyridine rings is 1. The van der Waals surface area contributed by atoms with Crippen molar-refractivity contribution >= 4 is 11.9 Å². The van der Waals surface area contributed by atoms with Crippen LogP contribution in [0, 0.1) is 6.92 Å². The number of amides is 1. The molecule has 0 N–H and O–H groups in total. The highest BCUT2D eigenvalue weighted by molar-refractivity contribution is 6.05. The molecule has 0 radical (unpaired) electrons. The lowest BCUT2D eigenvalue weighted by atomic mass is 9.88. The number of aryl methyl sites for hydroxylation is 1. The maximum atomic E-state index is 13.6. The normalized spacial score (nSPS) is 15.3. The van der Waals surface area contributed by atoms with E-state index in [0.29, 0.717) is 24.5 Å². The van der Waals surface area contributed by atoms with Crippen LogP contribution >= 0.6 is 0 Å². The van der Waals surface area contributed by atoms with Gasteiger partial charge in [-0.3, -0.25) is 9.78 Å². The molecule has 0 aliphatic carbocycles. The average Bonchev–Trinajstić information content (AvgIpc) is 2.97. The van der Waals surface area contributed by atoms with E-state index in [4.69, 9.17) is 14.7 Å². The number of benzene rings is 2. The second kappa shape index (κ2) is 10.7. The Kier molecular flexibility index (Phi) is 7.03. The van der Waals surface area contributed by atoms with Gasteiger partial charge in [0, 0.05) is 48.7 Å². The maximum absolute atomic E-state index is 13.6. The molecule has 1 amide bonds. The molecule has 2 aromatic heterocycles. The monoisotopic (exact) mass is 492 g/mol. The molecular formula is C30H28N4O3. The minimum Gasteiger partial charge on any atom is -0.465 e. The second-order valence-electron chi connectivity index (χ2n) is 9.17. The van der Waals surface area contributed by atoms with E-state index in [1.807, 2.05) is 35.4 Å². The molecule has 4 aromatic rings. The van der Waals surface area contributed by atoms with Crippen molar-refractivity contribution < 1.29 is 14.3 Å². The predicted molar refractivity (Wildman–Crippen MR) is 141 cm³/mol. The minimum atomic E-state index is -0.517. The zero-order valence-corrected chi connectivity index (χ0v) is 20.9. The number of rotatable bonds is 5. The van der Waals surface area contributed by atoms with Gasteiger partial charge in [0.05, 0.1) is 23.9 Å². The highest BCUT2D eigenvalue weighted by atomic mass is 16.5. The molecular weight excluding hydrogens is 464 g/mol. The minimum absolute atomic E-state index is 0.0150. The quantitative estimate of drug-likeness (QED) is 0.351. The highest BCUT2D eigenvalue weighted by Gasteiger charge is 2.30. The van der Waals surface area contributed by atoms with Gasteiger partial charge in [-0.25, -0.2) is 14.8 Å². The van der Waals surface area contributed by atoms with Crippen LogP contribution in [0.15, 0.2) is 79.3 Å². The zero-order valence-electron chi connectivity index (χ0n) is 20.9. The molecule has 1 aliphatic heterocycles. The Balaban J connectivity index is 1.53. The third-order valence-corrected chi connectivity index (χ3v) is 6.85. The lowest BCUT2D eigenvalue weighted by molar-refractivity contribution is 0.0586. The summed E-state index contributed by atoms with van der Waals surface area (Å²) in [5, 5.41) is 0. The number of aromatic nitrogens is 3. The second-order valence-corrected chi connectivity index (χ2v) is 9.17. The van der Waals surface area contributed by atoms with Gasteiger partial charge in [0.15, 0.2) is 5.82 Å². The number of ether oxygens (including phenoxy) is 1. The molecule has 186 valence electrons. The first kappa shape index (κ1) is 24.3. The van der Waals surface area contributed by atoms with E-state index in [2.05, 4.69) is 24.0 Å². The van der Waals surface area contributed by atoms with Crippen LogP contribution in [0.5, 0.6) is 0 Å². The molecule has 7 nitrogen and oxygen atoms in total. The van der Waals surface area contributed by atoms with Gasteiger partial charge in [0.25, 0.3) is 5.91 Å². The number of piperidine rings is 1. The van der Waals surface area contributed by atoms with E-state index in [1.54, 1.807) is 36.7 Å². The van der Waals surface area contributed by atoms with Crippen LogP contribution in [0.2, 0.25) is 0 Å². The fourth-order valence-electron chi connectivity index (χ4n) is 4.94. The number of hydrogen-bond acceptors (Lipinski definition) is 6. The van der Waals surface area contributed by atoms with Gasteiger partial charge in [0.2, 0.25) is 0 Å². The lowest BCUT2D eigenvalue weighted by Gasteiger charge is -2.34. The van der Waals surface area contributed by atoms with Crippen molar-refractivity contribution in [3.8, 4) is 22.5 Å². The Morgan fingerprint density at radius 1 is 0.946 bits per heavy atom. The van der Waals surface area contributed by atoms with Crippen LogP contribution < -0.4 is 0 Å². The standard InChI is InChI=1S/C30H28N4O3/c1-20-8-3-4-10-23(20)26-18-32-28(21-13-15-31-16-14-21)33-27(26)22-9-7-17-34(19-22)29(35)24-11-5-6-12-25(24)30(36)37-2/h3-6,8,10-16,18,22H,7,9,17,19H2,1-2H3. The molecule has 7 heteroatoms. The van der Waals surface area contributed by atoms with Crippen molar-refractivity contribution in [3.63, 3.8) is 0 Å². The topological polar surface area (TPSA) is 85.3 Å². The average molecular weight is 493 g/mol. The fourth-order valence-corrected chi connectivity index (χ4v) is 4.94. The van der Waals surface area contributed by atoms with Gasteiger partial charge >= 0.3 is 5.97 Å². The maximum Gasteiger partial charge on any atom is 0.338 e. The molecule has 0 saturated carbocycles. The van der Waals surface area contributed by atoms with Gasteiger partial charge in [0.1, 0.15) is 0 Å². The molecule has 5 rings (SSSR count). The molecule has 0 bridgehead atoms. The smallest absolute Gasteiger partial charge is 0.338 e. The first-order valence-corrected chi connectivity index (χ1v) is 12.4. The fraction of sp³-hybridized carbons (Fsp3) is 0.233. The Morgan fingerprint density at radius 3 is 2.43 bits per heavy atom. The van der Waals surface area contributed by atoms with Crippen molar-refractivity contribution in [1.29, 1.82) is 0 Å². The van der Waals surface area contributed by atoms with Crippen LogP contribution in [0.4, 0.5) is 0 Å². The summed E-state index contributed by atoms with van der Waals surface area (Å²) in [5.41, 5.74) is 5.65. The number of nitrogens with zero attached hydrogens (tertiary/aromatic N) is 4.